The Morgan fingerprint density at radius 1 is 1.28 bits per heavy atom. The maximum atomic E-state index is 12.0. The van der Waals surface area contributed by atoms with Gasteiger partial charge in [0.2, 0.25) is 0 Å². The maximum absolute atomic E-state index is 12.0. The Labute approximate surface area is 181 Å². The summed E-state index contributed by atoms with van der Waals surface area (Å²) in [4.78, 5) is 53.3. The predicted octanol–water partition coefficient (Wildman–Crippen LogP) is 2.43. The summed E-state index contributed by atoms with van der Waals surface area (Å²) in [5, 5.41) is 17.3. The van der Waals surface area contributed by atoms with Gasteiger partial charge in [0, 0.05) is 23.2 Å². The van der Waals surface area contributed by atoms with Gasteiger partial charge in [0.1, 0.15) is 9.74 Å². The standard InChI is InChI=1S/C16H18N6O9S/c17-20-19-11-5-6-12(13(10-11)21(26)27)18-9-3-1-2-4-16(25)31-22(32(28,29)30)14(23)7-8-15(22)24/h5-6,10,18H,1-4,7-9H2/p+1. The van der Waals surface area contributed by atoms with E-state index in [1.807, 2.05) is 0 Å². The molecule has 1 heterocycles. The molecule has 1 fully saturated rings. The molecule has 15 nitrogen and oxygen atoms in total. The molecule has 1 aromatic rings. The molecule has 172 valence electrons. The van der Waals surface area contributed by atoms with E-state index in [-0.39, 0.29) is 29.9 Å². The highest BCUT2D eigenvalue weighted by Crippen LogP contribution is 2.30. The van der Waals surface area contributed by atoms with Crippen LogP contribution in [0.3, 0.4) is 0 Å². The number of imide groups is 1. The zero-order chi connectivity index (χ0) is 23.9. The summed E-state index contributed by atoms with van der Waals surface area (Å²) in [6, 6.07) is 3.91. The average molecular weight is 471 g/mol. The van der Waals surface area contributed by atoms with Crippen LogP contribution in [-0.4, -0.2) is 46.3 Å². The van der Waals surface area contributed by atoms with Gasteiger partial charge in [0.15, 0.2) is 0 Å². The first kappa shape index (κ1) is 24.7. The number of nitrogens with zero attached hydrogens (tertiary/aromatic N) is 5. The van der Waals surface area contributed by atoms with Gasteiger partial charge in [-0.05, 0) is 24.4 Å². The summed E-state index contributed by atoms with van der Waals surface area (Å²) in [7, 11) is -5.34. The molecule has 2 rings (SSSR count). The van der Waals surface area contributed by atoms with Gasteiger partial charge < -0.3 is 5.32 Å². The van der Waals surface area contributed by atoms with Crippen LogP contribution in [0.2, 0.25) is 0 Å². The molecule has 1 aromatic carbocycles. The molecule has 1 aliphatic rings. The quantitative estimate of drug-likeness (QED) is 0.0552. The number of nitro benzene ring substituents is 1. The molecular formula is C16H19N6O9S+. The second-order valence-electron chi connectivity index (χ2n) is 6.64. The van der Waals surface area contributed by atoms with Crippen LogP contribution in [0.5, 0.6) is 0 Å². The molecule has 0 radical (unpaired) electrons. The fourth-order valence-corrected chi connectivity index (χ4v) is 3.85. The number of anilines is 1. The van der Waals surface area contributed by atoms with E-state index < -0.39 is 49.9 Å². The average Bonchev–Trinajstić information content (AvgIpc) is 3.00. The summed E-state index contributed by atoms with van der Waals surface area (Å²) in [6.07, 6.45) is -0.205. The van der Waals surface area contributed by atoms with Crippen LogP contribution in [0, 0.1) is 10.1 Å². The van der Waals surface area contributed by atoms with Gasteiger partial charge in [-0.2, -0.15) is 0 Å². The monoisotopic (exact) mass is 471 g/mol. The Morgan fingerprint density at radius 2 is 1.94 bits per heavy atom. The highest BCUT2D eigenvalue weighted by atomic mass is 32.2. The van der Waals surface area contributed by atoms with Crippen molar-refractivity contribution in [3.63, 3.8) is 0 Å². The number of nitrogens with one attached hydrogen (secondary N) is 1. The molecule has 2 amide bonds. The van der Waals surface area contributed by atoms with Gasteiger partial charge in [-0.15, -0.1) is 8.42 Å². The largest absolute Gasteiger partial charge is 0.488 e. The molecule has 0 saturated carbocycles. The molecule has 1 saturated heterocycles. The Kier molecular flexibility index (Phi) is 7.82. The second-order valence-corrected chi connectivity index (χ2v) is 8.05. The third kappa shape index (κ3) is 5.36. The van der Waals surface area contributed by atoms with Crippen LogP contribution in [-0.2, 0) is 29.5 Å². The first-order valence-corrected chi connectivity index (χ1v) is 10.7. The Balaban J connectivity index is 1.84. The zero-order valence-electron chi connectivity index (χ0n) is 16.5. The number of benzene rings is 1. The molecule has 32 heavy (non-hydrogen) atoms. The van der Waals surface area contributed by atoms with Crippen molar-refractivity contribution < 1.29 is 41.2 Å². The molecule has 0 atom stereocenters. The number of carbonyl (C=O) groups is 3. The van der Waals surface area contributed by atoms with Crippen LogP contribution in [0.15, 0.2) is 23.3 Å². The number of rotatable bonds is 11. The minimum absolute atomic E-state index is 0.0866. The highest BCUT2D eigenvalue weighted by Gasteiger charge is 2.65. The molecular weight excluding hydrogens is 452 g/mol. The minimum Gasteiger partial charge on any atom is -0.379 e. The van der Waals surface area contributed by atoms with Gasteiger partial charge in [-0.1, -0.05) is 17.6 Å². The third-order valence-corrected chi connectivity index (χ3v) is 5.61. The second kappa shape index (κ2) is 10.1. The van der Waals surface area contributed by atoms with Crippen molar-refractivity contribution in [1.29, 1.82) is 0 Å². The Bertz CT molecular complexity index is 1080. The van der Waals surface area contributed by atoms with Crippen LogP contribution >= 0.6 is 0 Å². The summed E-state index contributed by atoms with van der Waals surface area (Å²) in [6.45, 7) is 0.290. The van der Waals surface area contributed by atoms with Crippen molar-refractivity contribution in [2.75, 3.05) is 11.9 Å². The van der Waals surface area contributed by atoms with Gasteiger partial charge >= 0.3 is 28.1 Å². The number of hydroxylamine groups is 2. The number of unbranched alkanes of at least 4 members (excludes halogenated alkanes) is 2. The van der Waals surface area contributed by atoms with E-state index >= 15 is 0 Å². The molecule has 0 unspecified atom stereocenters. The molecule has 1 aliphatic heterocycles. The normalized spacial score (nSPS) is 15.2. The van der Waals surface area contributed by atoms with E-state index in [1.54, 1.807) is 0 Å². The molecule has 2 N–H and O–H groups in total. The molecule has 0 aromatic heterocycles. The number of azide groups is 1. The first-order valence-electron chi connectivity index (χ1n) is 9.26. The van der Waals surface area contributed by atoms with Crippen molar-refractivity contribution >= 4 is 45.1 Å². The maximum Gasteiger partial charge on any atom is 0.488 e. The Morgan fingerprint density at radius 3 is 2.50 bits per heavy atom. The topological polar surface area (TPSA) is 219 Å². The Hall–Kier alpha value is -3.59. The van der Waals surface area contributed by atoms with E-state index in [0.717, 1.165) is 6.07 Å². The lowest BCUT2D eigenvalue weighted by molar-refractivity contribution is -0.853. The third-order valence-electron chi connectivity index (χ3n) is 4.48. The van der Waals surface area contributed by atoms with Crippen LogP contribution in [0.4, 0.5) is 17.1 Å². The zero-order valence-corrected chi connectivity index (χ0v) is 17.4. The number of amides is 2. The molecule has 0 bridgehead atoms. The number of carbonyl (C=O) groups excluding carboxylic acids is 3. The summed E-state index contributed by atoms with van der Waals surface area (Å²) >= 11 is 0. The number of quaternary nitrogens is 1. The smallest absolute Gasteiger partial charge is 0.379 e. The van der Waals surface area contributed by atoms with E-state index in [4.69, 9.17) is 5.53 Å². The molecule has 16 heteroatoms. The SMILES string of the molecule is [N-]=[N+]=Nc1ccc(NCCCCCC(=O)O[N+]2(S(=O)(=O)O)C(=O)CCC2=O)c([N+](=O)[O-])c1. The van der Waals surface area contributed by atoms with Crippen LogP contribution in [0.1, 0.15) is 38.5 Å². The van der Waals surface area contributed by atoms with Crippen molar-refractivity contribution in [1.82, 2.24) is 0 Å². The van der Waals surface area contributed by atoms with Gasteiger partial charge in [-0.25, -0.2) is 23.8 Å². The number of hydrogen-bond acceptors (Lipinski definition) is 10. The minimum atomic E-state index is -5.34. The van der Waals surface area contributed by atoms with E-state index in [9.17, 15) is 37.5 Å². The number of nitro groups is 1. The van der Waals surface area contributed by atoms with E-state index in [1.165, 1.54) is 12.1 Å². The van der Waals surface area contributed by atoms with E-state index in [2.05, 4.69) is 20.2 Å². The molecule has 0 aliphatic carbocycles. The van der Waals surface area contributed by atoms with Gasteiger partial charge in [0.05, 0.1) is 24.2 Å². The van der Waals surface area contributed by atoms with E-state index in [0.29, 0.717) is 19.4 Å². The van der Waals surface area contributed by atoms with Crippen molar-refractivity contribution in [3.8, 4) is 0 Å². The predicted molar refractivity (Wildman–Crippen MR) is 106 cm³/mol. The lowest BCUT2D eigenvalue weighted by atomic mass is 10.2. The van der Waals surface area contributed by atoms with Crippen molar-refractivity contribution in [2.45, 2.75) is 38.5 Å². The summed E-state index contributed by atoms with van der Waals surface area (Å²) < 4.78 is 29.9. The lowest BCUT2D eigenvalue weighted by Crippen LogP contribution is -2.57. The van der Waals surface area contributed by atoms with Crippen molar-refractivity contribution in [3.05, 3.63) is 38.8 Å². The van der Waals surface area contributed by atoms with Crippen LogP contribution in [0.25, 0.3) is 10.4 Å². The fraction of sp³-hybridized carbons (Fsp3) is 0.438. The summed E-state index contributed by atoms with van der Waals surface area (Å²) in [5.41, 5.74) is 8.42. The summed E-state index contributed by atoms with van der Waals surface area (Å²) in [5.74, 6) is -3.64. The van der Waals surface area contributed by atoms with Crippen molar-refractivity contribution in [2.24, 2.45) is 5.11 Å². The van der Waals surface area contributed by atoms with Gasteiger partial charge in [0.25, 0.3) is 5.69 Å². The lowest BCUT2D eigenvalue weighted by Gasteiger charge is -2.20. The van der Waals surface area contributed by atoms with Gasteiger partial charge in [-0.3, -0.25) is 10.1 Å². The number of hydrogen-bond donors (Lipinski definition) is 2. The first-order chi connectivity index (χ1) is 15.0. The fourth-order valence-electron chi connectivity index (χ4n) is 2.97. The van der Waals surface area contributed by atoms with Crippen LogP contribution < -0.4 is 5.32 Å². The molecule has 0 spiro atoms. The highest BCUT2D eigenvalue weighted by molar-refractivity contribution is 7.80.